The Morgan fingerprint density at radius 1 is 1.40 bits per heavy atom. The summed E-state index contributed by atoms with van der Waals surface area (Å²) in [6, 6.07) is 9.87. The van der Waals surface area contributed by atoms with Gasteiger partial charge in [0.15, 0.2) is 11.0 Å². The monoisotopic (exact) mass is 433 g/mol. The second-order valence-electron chi connectivity index (χ2n) is 6.76. The number of hydrogen-bond donors (Lipinski definition) is 4. The van der Waals surface area contributed by atoms with Crippen molar-refractivity contribution in [2.24, 2.45) is 10.7 Å². The van der Waals surface area contributed by atoms with E-state index in [1.54, 1.807) is 6.92 Å². The molecule has 3 rings (SSSR count). The summed E-state index contributed by atoms with van der Waals surface area (Å²) in [4.78, 5) is 38.5. The number of amides is 1. The van der Waals surface area contributed by atoms with Crippen molar-refractivity contribution in [1.29, 1.82) is 0 Å². The Hall–Kier alpha value is -3.11. The molecule has 1 atom stereocenters. The van der Waals surface area contributed by atoms with Gasteiger partial charge in [0.1, 0.15) is 12.6 Å². The average molecular weight is 434 g/mol. The van der Waals surface area contributed by atoms with E-state index in [9.17, 15) is 9.59 Å². The number of nitrogens with zero attached hydrogens (tertiary/aromatic N) is 3. The number of carbonyl (C=O) groups excluding carboxylic acids is 1. The van der Waals surface area contributed by atoms with Crippen LogP contribution in [0, 0.1) is 6.92 Å². The van der Waals surface area contributed by atoms with Crippen LogP contribution in [0.5, 0.6) is 0 Å². The molecule has 0 saturated carbocycles. The summed E-state index contributed by atoms with van der Waals surface area (Å²) in [5, 5.41) is 5.89. The normalized spacial score (nSPS) is 15.8. The second-order valence-corrected chi connectivity index (χ2v) is 7.12. The maximum Gasteiger partial charge on any atom is 0.294 e. The average Bonchev–Trinajstić information content (AvgIpc) is 2.75. The van der Waals surface area contributed by atoms with E-state index in [0.29, 0.717) is 18.8 Å². The van der Waals surface area contributed by atoms with Crippen molar-refractivity contribution in [3.8, 4) is 0 Å². The maximum atomic E-state index is 12.8. The third-order valence-corrected chi connectivity index (χ3v) is 4.89. The number of guanidine groups is 1. The Morgan fingerprint density at radius 2 is 2.17 bits per heavy atom. The van der Waals surface area contributed by atoms with Gasteiger partial charge in [-0.05, 0) is 18.9 Å². The fourth-order valence-electron chi connectivity index (χ4n) is 2.84. The van der Waals surface area contributed by atoms with Crippen molar-refractivity contribution in [3.63, 3.8) is 0 Å². The summed E-state index contributed by atoms with van der Waals surface area (Å²) in [6.45, 7) is 2.51. The van der Waals surface area contributed by atoms with Crippen molar-refractivity contribution >= 4 is 29.3 Å². The number of aliphatic imine (C=N–C) groups is 1. The van der Waals surface area contributed by atoms with Gasteiger partial charge >= 0.3 is 0 Å². The van der Waals surface area contributed by atoms with E-state index in [-0.39, 0.29) is 42.0 Å². The third kappa shape index (κ3) is 5.71. The van der Waals surface area contributed by atoms with Gasteiger partial charge in [0.05, 0.1) is 12.2 Å². The Morgan fingerprint density at radius 3 is 2.87 bits per heavy atom. The van der Waals surface area contributed by atoms with Crippen LogP contribution in [-0.2, 0) is 22.6 Å². The fourth-order valence-corrected chi connectivity index (χ4v) is 3.03. The zero-order chi connectivity index (χ0) is 21.5. The molecule has 2 heterocycles. The zero-order valence-corrected chi connectivity index (χ0v) is 17.3. The first kappa shape index (κ1) is 21.6. The highest BCUT2D eigenvalue weighted by molar-refractivity contribution is 6.30. The molecule has 0 bridgehead atoms. The molecule has 1 aromatic heterocycles. The number of anilines is 1. The van der Waals surface area contributed by atoms with Crippen molar-refractivity contribution in [2.45, 2.75) is 26.0 Å². The molecular weight excluding hydrogens is 410 g/mol. The molecule has 0 fully saturated rings. The fraction of sp³-hybridized carbons (Fsp3) is 0.368. The molecule has 1 aliphatic heterocycles. The molecule has 0 saturated heterocycles. The minimum absolute atomic E-state index is 0.110. The van der Waals surface area contributed by atoms with Crippen molar-refractivity contribution in [3.05, 3.63) is 57.1 Å². The van der Waals surface area contributed by atoms with Gasteiger partial charge in [-0.1, -0.05) is 41.9 Å². The molecule has 11 heteroatoms. The Kier molecular flexibility index (Phi) is 7.26. The number of benzene rings is 1. The van der Waals surface area contributed by atoms with E-state index in [2.05, 4.69) is 26.1 Å². The van der Waals surface area contributed by atoms with Gasteiger partial charge in [0, 0.05) is 13.1 Å². The Labute approximate surface area is 178 Å². The molecule has 0 aliphatic carbocycles. The van der Waals surface area contributed by atoms with Crippen LogP contribution in [-0.4, -0.2) is 47.2 Å². The summed E-state index contributed by atoms with van der Waals surface area (Å²) in [6.07, 6.45) is 0.367. The lowest BCUT2D eigenvalue weighted by Crippen LogP contribution is -2.46. The smallest absolute Gasteiger partial charge is 0.294 e. The van der Waals surface area contributed by atoms with E-state index < -0.39 is 5.56 Å². The molecular formula is C19H24ClN7O3. The van der Waals surface area contributed by atoms with E-state index in [1.807, 2.05) is 30.3 Å². The lowest BCUT2D eigenvalue weighted by molar-refractivity contribution is -0.122. The lowest BCUT2D eigenvalue weighted by Gasteiger charge is -2.21. The molecule has 10 nitrogen and oxygen atoms in total. The molecule has 0 spiro atoms. The maximum absolute atomic E-state index is 12.8. The summed E-state index contributed by atoms with van der Waals surface area (Å²) in [5.41, 5.74) is 9.04. The van der Waals surface area contributed by atoms with E-state index in [0.717, 1.165) is 12.0 Å². The molecule has 1 unspecified atom stereocenters. The summed E-state index contributed by atoms with van der Waals surface area (Å²) >= 11 is 6.19. The minimum Gasteiger partial charge on any atom is -0.368 e. The molecule has 2 aromatic rings. The SMILES string of the molecule is Cc1c(Cl)nc(NCCc2ccccc2)c(=O)n1CC(=O)NCC1CN=C(N)NO1. The number of halogens is 1. The second kappa shape index (κ2) is 10.1. The highest BCUT2D eigenvalue weighted by Gasteiger charge is 2.18. The van der Waals surface area contributed by atoms with Crippen LogP contribution in [0.15, 0.2) is 40.1 Å². The lowest BCUT2D eigenvalue weighted by atomic mass is 10.1. The number of nitrogens with one attached hydrogen (secondary N) is 3. The van der Waals surface area contributed by atoms with Gasteiger partial charge in [-0.3, -0.25) is 19.0 Å². The predicted molar refractivity (Wildman–Crippen MR) is 114 cm³/mol. The van der Waals surface area contributed by atoms with Crippen LogP contribution in [0.4, 0.5) is 5.82 Å². The van der Waals surface area contributed by atoms with Crippen molar-refractivity contribution in [2.75, 3.05) is 25.0 Å². The van der Waals surface area contributed by atoms with Gasteiger partial charge in [-0.15, -0.1) is 0 Å². The molecule has 1 aromatic carbocycles. The van der Waals surface area contributed by atoms with Crippen LogP contribution >= 0.6 is 11.6 Å². The first-order chi connectivity index (χ1) is 14.4. The molecule has 5 N–H and O–H groups in total. The first-order valence-corrected chi connectivity index (χ1v) is 9.85. The number of carbonyl (C=O) groups is 1. The number of rotatable bonds is 8. The van der Waals surface area contributed by atoms with Gasteiger partial charge in [0.25, 0.3) is 5.56 Å². The summed E-state index contributed by atoms with van der Waals surface area (Å²) in [7, 11) is 0. The van der Waals surface area contributed by atoms with E-state index in [4.69, 9.17) is 22.2 Å². The van der Waals surface area contributed by atoms with Gasteiger partial charge in [-0.25, -0.2) is 15.5 Å². The topological polar surface area (TPSA) is 136 Å². The van der Waals surface area contributed by atoms with E-state index >= 15 is 0 Å². The summed E-state index contributed by atoms with van der Waals surface area (Å²) in [5.74, 6) is -0.0544. The summed E-state index contributed by atoms with van der Waals surface area (Å²) < 4.78 is 1.30. The Balaban J connectivity index is 1.61. The molecule has 160 valence electrons. The molecule has 1 aliphatic rings. The van der Waals surface area contributed by atoms with Crippen molar-refractivity contribution < 1.29 is 9.63 Å². The number of hydroxylamine groups is 1. The molecule has 1 amide bonds. The standard InChI is InChI=1S/C19H24ClN7O3/c1-12-16(20)25-17(22-8-7-13-5-3-2-4-6-13)18(29)27(12)11-15(28)23-9-14-10-24-19(21)26-30-14/h2-6,14H,7-11H2,1H3,(H,22,25)(H,23,28)(H3,21,24,26). The molecule has 0 radical (unpaired) electrons. The first-order valence-electron chi connectivity index (χ1n) is 9.47. The van der Waals surface area contributed by atoms with Crippen LogP contribution in [0.2, 0.25) is 5.15 Å². The molecule has 30 heavy (non-hydrogen) atoms. The zero-order valence-electron chi connectivity index (χ0n) is 16.5. The van der Waals surface area contributed by atoms with Gasteiger partial charge < -0.3 is 16.4 Å². The van der Waals surface area contributed by atoms with Crippen LogP contribution in [0.25, 0.3) is 0 Å². The minimum atomic E-state index is -0.409. The van der Waals surface area contributed by atoms with Crippen LogP contribution < -0.4 is 27.4 Å². The Bertz CT molecular complexity index is 978. The quantitative estimate of drug-likeness (QED) is 0.466. The van der Waals surface area contributed by atoms with Gasteiger partial charge in [0.2, 0.25) is 11.9 Å². The number of hydrogen-bond acceptors (Lipinski definition) is 8. The van der Waals surface area contributed by atoms with Crippen LogP contribution in [0.1, 0.15) is 11.3 Å². The van der Waals surface area contributed by atoms with Gasteiger partial charge in [-0.2, -0.15) is 0 Å². The largest absolute Gasteiger partial charge is 0.368 e. The van der Waals surface area contributed by atoms with Crippen LogP contribution in [0.3, 0.4) is 0 Å². The van der Waals surface area contributed by atoms with E-state index in [1.165, 1.54) is 4.57 Å². The third-order valence-electron chi connectivity index (χ3n) is 4.53. The number of nitrogens with two attached hydrogens (primary N) is 1. The van der Waals surface area contributed by atoms with Crippen molar-refractivity contribution in [1.82, 2.24) is 20.3 Å². The highest BCUT2D eigenvalue weighted by atomic mass is 35.5. The predicted octanol–water partition coefficient (Wildman–Crippen LogP) is 0.194. The number of aromatic nitrogens is 2. The highest BCUT2D eigenvalue weighted by Crippen LogP contribution is 2.12.